The van der Waals surface area contributed by atoms with Crippen LogP contribution in [-0.2, 0) is 14.5 Å². The Morgan fingerprint density at radius 2 is 2.25 bits per heavy atom. The van der Waals surface area contributed by atoms with Crippen LogP contribution in [0.2, 0.25) is 0 Å². The van der Waals surface area contributed by atoms with Crippen molar-refractivity contribution in [3.8, 4) is 0 Å². The number of aliphatic imine (C=N–C) groups is 1. The molecule has 0 N–H and O–H groups in total. The summed E-state index contributed by atoms with van der Waals surface area (Å²) in [5.74, 6) is -0.167. The number of rotatable bonds is 0. The van der Waals surface area contributed by atoms with Crippen molar-refractivity contribution >= 4 is 5.90 Å². The maximum atomic E-state index is 5.15. The molecule has 1 spiro atoms. The summed E-state index contributed by atoms with van der Waals surface area (Å²) in [6, 6.07) is 0. The van der Waals surface area contributed by atoms with Crippen LogP contribution in [0.1, 0.15) is 0 Å². The minimum Gasteiger partial charge on any atom is -0.446 e. The van der Waals surface area contributed by atoms with Gasteiger partial charge in [0, 0.05) is 12.3 Å². The van der Waals surface area contributed by atoms with E-state index in [-0.39, 0.29) is 0 Å². The van der Waals surface area contributed by atoms with Crippen molar-refractivity contribution in [1.29, 1.82) is 0 Å². The van der Waals surface area contributed by atoms with Crippen molar-refractivity contribution in [3.05, 3.63) is 36.3 Å². The summed E-state index contributed by atoms with van der Waals surface area (Å²) < 4.78 is 5.15. The first kappa shape index (κ1) is 6.16. The fraction of sp³-hybridized carbons (Fsp3) is 0.125. The van der Waals surface area contributed by atoms with Crippen molar-refractivity contribution in [2.45, 2.75) is 5.79 Å². The van der Waals surface area contributed by atoms with Crippen LogP contribution in [0.4, 0.5) is 0 Å². The van der Waals surface area contributed by atoms with Gasteiger partial charge in [-0.05, 0) is 12.2 Å². The van der Waals surface area contributed by atoms with Gasteiger partial charge in [0.25, 0.3) is 5.79 Å². The topological polar surface area (TPSA) is 46.6 Å². The number of hydrogen-bond donors (Lipinski definition) is 0. The third-order valence-corrected chi connectivity index (χ3v) is 1.88. The predicted molar refractivity (Wildman–Crippen MR) is 39.8 cm³/mol. The lowest BCUT2D eigenvalue weighted by molar-refractivity contribution is 0.0850. The van der Waals surface area contributed by atoms with E-state index >= 15 is 0 Å². The van der Waals surface area contributed by atoms with Crippen molar-refractivity contribution in [2.75, 3.05) is 0 Å². The van der Waals surface area contributed by atoms with Crippen LogP contribution in [0.25, 0.3) is 0 Å². The molecule has 0 bridgehead atoms. The van der Waals surface area contributed by atoms with Crippen molar-refractivity contribution in [3.63, 3.8) is 0 Å². The van der Waals surface area contributed by atoms with Crippen LogP contribution in [0.5, 0.6) is 0 Å². The molecule has 4 heteroatoms. The zero-order valence-corrected chi connectivity index (χ0v) is 6.06. The monoisotopic (exact) mass is 163 g/mol. The van der Waals surface area contributed by atoms with Gasteiger partial charge in [-0.3, -0.25) is 0 Å². The molecule has 1 saturated heterocycles. The van der Waals surface area contributed by atoms with Gasteiger partial charge in [0.15, 0.2) is 0 Å². The number of hydrogen-bond acceptors (Lipinski definition) is 4. The molecule has 0 aromatic carbocycles. The molecule has 0 unspecified atom stereocenters. The Morgan fingerprint density at radius 1 is 1.33 bits per heavy atom. The first-order valence-corrected chi connectivity index (χ1v) is 3.57. The second-order valence-corrected chi connectivity index (χ2v) is 2.61. The second-order valence-electron chi connectivity index (χ2n) is 2.61. The Bertz CT molecular complexity index is 347. The van der Waals surface area contributed by atoms with Crippen LogP contribution in [0.3, 0.4) is 0 Å². The third kappa shape index (κ3) is 0.654. The van der Waals surface area contributed by atoms with Gasteiger partial charge in [0.1, 0.15) is 0 Å². The summed E-state index contributed by atoms with van der Waals surface area (Å²) in [7, 11) is 0. The van der Waals surface area contributed by atoms with E-state index in [1.54, 1.807) is 24.6 Å². The van der Waals surface area contributed by atoms with Gasteiger partial charge in [0.2, 0.25) is 5.90 Å². The molecule has 3 aliphatic rings. The minimum atomic E-state index is -0.707. The van der Waals surface area contributed by atoms with E-state index in [9.17, 15) is 0 Å². The van der Waals surface area contributed by atoms with Gasteiger partial charge >= 0.3 is 0 Å². The molecule has 1 fully saturated rings. The lowest BCUT2D eigenvalue weighted by atomic mass is 10.0. The van der Waals surface area contributed by atoms with Crippen molar-refractivity contribution in [2.24, 2.45) is 4.99 Å². The number of fused-ring (bicyclic) bond motifs is 2. The largest absolute Gasteiger partial charge is 0.446 e. The van der Waals surface area contributed by atoms with E-state index in [1.165, 1.54) is 0 Å². The van der Waals surface area contributed by atoms with Gasteiger partial charge in [-0.25, -0.2) is 4.99 Å². The Kier molecular flexibility index (Phi) is 0.951. The summed E-state index contributed by atoms with van der Waals surface area (Å²) in [5, 5.41) is 0. The Balaban J connectivity index is 2.13. The zero-order valence-electron chi connectivity index (χ0n) is 6.06. The molecule has 0 amide bonds. The first-order valence-electron chi connectivity index (χ1n) is 3.57. The van der Waals surface area contributed by atoms with E-state index in [0.29, 0.717) is 5.90 Å². The highest BCUT2D eigenvalue weighted by Crippen LogP contribution is 2.42. The van der Waals surface area contributed by atoms with E-state index in [0.717, 1.165) is 5.57 Å². The molecule has 0 saturated carbocycles. The smallest absolute Gasteiger partial charge is 0.284 e. The molecule has 3 rings (SSSR count). The highest BCUT2D eigenvalue weighted by Gasteiger charge is 2.54. The van der Waals surface area contributed by atoms with E-state index in [1.807, 2.05) is 6.08 Å². The molecule has 0 atom stereocenters. The summed E-state index contributed by atoms with van der Waals surface area (Å²) in [6.45, 7) is 0. The van der Waals surface area contributed by atoms with Gasteiger partial charge in [-0.1, -0.05) is 0 Å². The second kappa shape index (κ2) is 1.85. The predicted octanol–water partition coefficient (Wildman–Crippen LogP) is 1.04. The van der Waals surface area contributed by atoms with Gasteiger partial charge in [0.05, 0.1) is 11.8 Å². The van der Waals surface area contributed by atoms with Crippen LogP contribution in [0.15, 0.2) is 41.3 Å². The Hall–Kier alpha value is -1.39. The minimum absolute atomic E-state index is 0.539. The molecule has 60 valence electrons. The molecule has 0 aromatic heterocycles. The normalized spacial score (nSPS) is 27.3. The molecule has 0 radical (unpaired) electrons. The van der Waals surface area contributed by atoms with Crippen LogP contribution >= 0.6 is 0 Å². The Morgan fingerprint density at radius 3 is 3.08 bits per heavy atom. The Labute approximate surface area is 68.4 Å². The molecule has 3 heterocycles. The molecule has 0 aromatic rings. The average Bonchev–Trinajstić information content (AvgIpc) is 2.87. The highest BCUT2D eigenvalue weighted by molar-refractivity contribution is 5.98. The summed E-state index contributed by atoms with van der Waals surface area (Å²) >= 11 is 0. The van der Waals surface area contributed by atoms with Crippen LogP contribution < -0.4 is 0 Å². The zero-order chi connectivity index (χ0) is 8.02. The summed E-state index contributed by atoms with van der Waals surface area (Å²) in [5.41, 5.74) is 0.813. The van der Waals surface area contributed by atoms with Crippen molar-refractivity contribution in [1.82, 2.24) is 0 Å². The molecular weight excluding hydrogens is 158 g/mol. The maximum absolute atomic E-state index is 5.15. The lowest BCUT2D eigenvalue weighted by Crippen LogP contribution is -2.23. The van der Waals surface area contributed by atoms with Crippen molar-refractivity contribution < 1.29 is 14.5 Å². The number of ether oxygens (including phenoxy) is 1. The SMILES string of the molecule is C1=COC2=NC=CC3(OO3)C2=C1. The number of allylic oxidation sites excluding steroid dienone is 2. The van der Waals surface area contributed by atoms with E-state index < -0.39 is 5.79 Å². The summed E-state index contributed by atoms with van der Waals surface area (Å²) in [6.07, 6.45) is 8.56. The van der Waals surface area contributed by atoms with E-state index in [4.69, 9.17) is 14.5 Å². The fourth-order valence-corrected chi connectivity index (χ4v) is 1.22. The average molecular weight is 163 g/mol. The van der Waals surface area contributed by atoms with Crippen LogP contribution in [-0.4, -0.2) is 11.7 Å². The van der Waals surface area contributed by atoms with Gasteiger partial charge in [-0.15, -0.1) is 0 Å². The quantitative estimate of drug-likeness (QED) is 0.396. The molecular formula is C8H5NO3. The third-order valence-electron chi connectivity index (χ3n) is 1.88. The number of nitrogens with zero attached hydrogens (tertiary/aromatic N) is 1. The van der Waals surface area contributed by atoms with Gasteiger partial charge < -0.3 is 4.74 Å². The fourth-order valence-electron chi connectivity index (χ4n) is 1.22. The summed E-state index contributed by atoms with van der Waals surface area (Å²) in [4.78, 5) is 13.7. The molecule has 0 aliphatic carbocycles. The van der Waals surface area contributed by atoms with E-state index in [2.05, 4.69) is 4.99 Å². The molecule has 12 heavy (non-hydrogen) atoms. The van der Waals surface area contributed by atoms with Gasteiger partial charge in [-0.2, -0.15) is 9.78 Å². The maximum Gasteiger partial charge on any atom is 0.284 e. The molecule has 4 nitrogen and oxygen atoms in total. The molecule has 3 aliphatic heterocycles. The lowest BCUT2D eigenvalue weighted by Gasteiger charge is -2.15. The van der Waals surface area contributed by atoms with Crippen LogP contribution in [0, 0.1) is 0 Å². The first-order chi connectivity index (χ1) is 5.91. The highest BCUT2D eigenvalue weighted by atomic mass is 17.4. The standard InChI is InChI=1S/C8H5NO3/c1-2-6-7(10-5-1)9-4-3-8(6)11-12-8/h1-5H.